The number of rotatable bonds is 6. The standard InChI is InChI=1S/C17H25N3O5S/c1-4-25-17(22)14-6-5-7-15(12-14)18-16(21)13-8-10-20(11-9-13)26(23,24)19(2)3/h5-7,12-13H,4,8-11H2,1-3H3,(H,18,21). The summed E-state index contributed by atoms with van der Waals surface area (Å²) in [5.41, 5.74) is 0.889. The van der Waals surface area contributed by atoms with Crippen LogP contribution >= 0.6 is 0 Å². The number of piperidine rings is 1. The first kappa shape index (κ1) is 20.3. The maximum atomic E-state index is 12.5. The lowest BCUT2D eigenvalue weighted by atomic mass is 9.97. The Labute approximate surface area is 154 Å². The summed E-state index contributed by atoms with van der Waals surface area (Å²) in [4.78, 5) is 24.2. The predicted molar refractivity (Wildman–Crippen MR) is 97.9 cm³/mol. The van der Waals surface area contributed by atoms with E-state index in [1.165, 1.54) is 22.7 Å². The SMILES string of the molecule is CCOC(=O)c1cccc(NC(=O)C2CCN(S(=O)(=O)N(C)C)CC2)c1. The van der Waals surface area contributed by atoms with Gasteiger partial charge in [-0.1, -0.05) is 6.07 Å². The highest BCUT2D eigenvalue weighted by Crippen LogP contribution is 2.22. The molecule has 0 spiro atoms. The van der Waals surface area contributed by atoms with E-state index < -0.39 is 16.2 Å². The number of esters is 1. The fourth-order valence-electron chi connectivity index (χ4n) is 2.76. The molecule has 1 aliphatic heterocycles. The van der Waals surface area contributed by atoms with Gasteiger partial charge in [0.2, 0.25) is 5.91 Å². The van der Waals surface area contributed by atoms with Gasteiger partial charge in [-0.2, -0.15) is 17.0 Å². The van der Waals surface area contributed by atoms with E-state index in [1.54, 1.807) is 31.2 Å². The molecule has 1 amide bonds. The lowest BCUT2D eigenvalue weighted by molar-refractivity contribution is -0.120. The maximum absolute atomic E-state index is 12.5. The normalized spacial score (nSPS) is 16.5. The summed E-state index contributed by atoms with van der Waals surface area (Å²) < 4.78 is 31.7. The molecule has 2 rings (SSSR count). The van der Waals surface area contributed by atoms with E-state index in [0.717, 1.165) is 0 Å². The molecule has 0 bridgehead atoms. The number of ether oxygens (including phenoxy) is 1. The molecule has 1 aliphatic rings. The van der Waals surface area contributed by atoms with Crippen LogP contribution in [0.2, 0.25) is 0 Å². The summed E-state index contributed by atoms with van der Waals surface area (Å²) in [6, 6.07) is 6.57. The van der Waals surface area contributed by atoms with Crippen LogP contribution in [0, 0.1) is 5.92 Å². The van der Waals surface area contributed by atoms with Gasteiger partial charge in [-0.3, -0.25) is 4.79 Å². The lowest BCUT2D eigenvalue weighted by Gasteiger charge is -2.32. The van der Waals surface area contributed by atoms with Crippen LogP contribution in [0.1, 0.15) is 30.1 Å². The van der Waals surface area contributed by atoms with Crippen LogP contribution in [0.15, 0.2) is 24.3 Å². The van der Waals surface area contributed by atoms with Crippen molar-refractivity contribution in [3.8, 4) is 0 Å². The first-order valence-electron chi connectivity index (χ1n) is 8.51. The third-order valence-electron chi connectivity index (χ3n) is 4.25. The third kappa shape index (κ3) is 4.80. The molecule has 0 atom stereocenters. The van der Waals surface area contributed by atoms with Crippen LogP contribution in [0.4, 0.5) is 5.69 Å². The zero-order valence-corrected chi connectivity index (χ0v) is 16.1. The summed E-state index contributed by atoms with van der Waals surface area (Å²) >= 11 is 0. The van der Waals surface area contributed by atoms with Crippen molar-refractivity contribution in [2.75, 3.05) is 39.1 Å². The molecular weight excluding hydrogens is 358 g/mol. The molecule has 8 nitrogen and oxygen atoms in total. The number of anilines is 1. The Bertz CT molecular complexity index is 755. The molecule has 0 aromatic heterocycles. The second-order valence-electron chi connectivity index (χ2n) is 6.25. The van der Waals surface area contributed by atoms with Gasteiger partial charge >= 0.3 is 5.97 Å². The highest BCUT2D eigenvalue weighted by atomic mass is 32.2. The molecule has 0 saturated carbocycles. The molecule has 1 heterocycles. The number of benzene rings is 1. The summed E-state index contributed by atoms with van der Waals surface area (Å²) in [6.45, 7) is 2.62. The molecule has 0 unspecified atom stereocenters. The van der Waals surface area contributed by atoms with Crippen LogP contribution in [0.3, 0.4) is 0 Å². The monoisotopic (exact) mass is 383 g/mol. The van der Waals surface area contributed by atoms with Crippen molar-refractivity contribution in [1.82, 2.24) is 8.61 Å². The second-order valence-corrected chi connectivity index (χ2v) is 8.40. The number of nitrogens with one attached hydrogen (secondary N) is 1. The van der Waals surface area contributed by atoms with E-state index in [-0.39, 0.29) is 18.4 Å². The van der Waals surface area contributed by atoms with Crippen molar-refractivity contribution < 1.29 is 22.7 Å². The average molecular weight is 383 g/mol. The van der Waals surface area contributed by atoms with Crippen LogP contribution < -0.4 is 5.32 Å². The third-order valence-corrected chi connectivity index (χ3v) is 6.19. The van der Waals surface area contributed by atoms with E-state index in [2.05, 4.69) is 5.32 Å². The summed E-state index contributed by atoms with van der Waals surface area (Å²) in [5, 5.41) is 2.80. The Morgan fingerprint density at radius 1 is 1.27 bits per heavy atom. The molecule has 1 fully saturated rings. The lowest BCUT2D eigenvalue weighted by Crippen LogP contribution is -2.46. The molecular formula is C17H25N3O5S. The summed E-state index contributed by atoms with van der Waals surface area (Å²) in [7, 11) is -0.464. The van der Waals surface area contributed by atoms with Gasteiger partial charge in [-0.05, 0) is 38.0 Å². The Hall–Kier alpha value is -1.97. The largest absolute Gasteiger partial charge is 0.462 e. The minimum atomic E-state index is -3.45. The van der Waals surface area contributed by atoms with Crippen molar-refractivity contribution in [2.24, 2.45) is 5.92 Å². The van der Waals surface area contributed by atoms with Gasteiger partial charge < -0.3 is 10.1 Å². The smallest absolute Gasteiger partial charge is 0.338 e. The van der Waals surface area contributed by atoms with Gasteiger partial charge in [0.25, 0.3) is 10.2 Å². The van der Waals surface area contributed by atoms with Crippen LogP contribution in [0.5, 0.6) is 0 Å². The van der Waals surface area contributed by atoms with Gasteiger partial charge in [-0.15, -0.1) is 0 Å². The van der Waals surface area contributed by atoms with Gasteiger partial charge in [0.1, 0.15) is 0 Å². The molecule has 0 aliphatic carbocycles. The molecule has 1 aromatic rings. The minimum Gasteiger partial charge on any atom is -0.462 e. The van der Waals surface area contributed by atoms with Crippen molar-refractivity contribution in [3.63, 3.8) is 0 Å². The molecule has 1 N–H and O–H groups in total. The first-order chi connectivity index (χ1) is 12.3. The van der Waals surface area contributed by atoms with Crippen molar-refractivity contribution >= 4 is 27.8 Å². The van der Waals surface area contributed by atoms with Gasteiger partial charge in [-0.25, -0.2) is 4.79 Å². The van der Waals surface area contributed by atoms with Crippen LogP contribution in [0.25, 0.3) is 0 Å². The zero-order valence-electron chi connectivity index (χ0n) is 15.3. The zero-order chi connectivity index (χ0) is 19.3. The number of carbonyl (C=O) groups excluding carboxylic acids is 2. The summed E-state index contributed by atoms with van der Waals surface area (Å²) in [5.74, 6) is -0.881. The fourth-order valence-corrected chi connectivity index (χ4v) is 3.90. The van der Waals surface area contributed by atoms with E-state index in [0.29, 0.717) is 37.2 Å². The maximum Gasteiger partial charge on any atom is 0.338 e. The van der Waals surface area contributed by atoms with Gasteiger partial charge in [0.15, 0.2) is 0 Å². The quantitative estimate of drug-likeness (QED) is 0.748. The Morgan fingerprint density at radius 3 is 2.50 bits per heavy atom. The Morgan fingerprint density at radius 2 is 1.92 bits per heavy atom. The van der Waals surface area contributed by atoms with Crippen molar-refractivity contribution in [1.29, 1.82) is 0 Å². The van der Waals surface area contributed by atoms with E-state index in [1.807, 2.05) is 0 Å². The number of amides is 1. The predicted octanol–water partition coefficient (Wildman–Crippen LogP) is 1.32. The van der Waals surface area contributed by atoms with Crippen LogP contribution in [-0.4, -0.2) is 62.7 Å². The fraction of sp³-hybridized carbons (Fsp3) is 0.529. The van der Waals surface area contributed by atoms with Crippen LogP contribution in [-0.2, 0) is 19.7 Å². The highest BCUT2D eigenvalue weighted by molar-refractivity contribution is 7.86. The Balaban J connectivity index is 1.96. The number of carbonyl (C=O) groups is 2. The summed E-state index contributed by atoms with van der Waals surface area (Å²) in [6.07, 6.45) is 0.910. The molecule has 1 aromatic carbocycles. The van der Waals surface area contributed by atoms with Gasteiger partial charge in [0.05, 0.1) is 12.2 Å². The number of nitrogens with zero attached hydrogens (tertiary/aromatic N) is 2. The van der Waals surface area contributed by atoms with Crippen molar-refractivity contribution in [3.05, 3.63) is 29.8 Å². The Kier molecular flexibility index (Phi) is 6.74. The topological polar surface area (TPSA) is 96.0 Å². The first-order valence-corrected chi connectivity index (χ1v) is 9.91. The molecule has 1 saturated heterocycles. The average Bonchev–Trinajstić information content (AvgIpc) is 2.62. The molecule has 9 heteroatoms. The molecule has 144 valence electrons. The number of hydrogen-bond acceptors (Lipinski definition) is 5. The van der Waals surface area contributed by atoms with Crippen molar-refractivity contribution in [2.45, 2.75) is 19.8 Å². The highest BCUT2D eigenvalue weighted by Gasteiger charge is 2.32. The van der Waals surface area contributed by atoms with E-state index >= 15 is 0 Å². The van der Waals surface area contributed by atoms with E-state index in [4.69, 9.17) is 4.74 Å². The van der Waals surface area contributed by atoms with Gasteiger partial charge in [0, 0.05) is 38.8 Å². The second kappa shape index (κ2) is 8.61. The molecule has 26 heavy (non-hydrogen) atoms. The van der Waals surface area contributed by atoms with E-state index in [9.17, 15) is 18.0 Å². The minimum absolute atomic E-state index is 0.173. The molecule has 0 radical (unpaired) electrons. The number of hydrogen-bond donors (Lipinski definition) is 1.